The summed E-state index contributed by atoms with van der Waals surface area (Å²) in [6.07, 6.45) is -2.09. The molecule has 0 radical (unpaired) electrons. The number of amides is 2. The van der Waals surface area contributed by atoms with Crippen LogP contribution in [0, 0.1) is 5.95 Å². The second kappa shape index (κ2) is 13.0. The zero-order valence-corrected chi connectivity index (χ0v) is 26.0. The normalized spacial score (nSPS) is 13.6. The molecule has 5 rings (SSSR count). The molecule has 3 aromatic heterocycles. The summed E-state index contributed by atoms with van der Waals surface area (Å²) in [6, 6.07) is 2.56. The Kier molecular flexibility index (Phi) is 9.20. The molecule has 4 aromatic rings. The number of fused-ring (bicyclic) bond motifs is 1. The minimum absolute atomic E-state index is 0.0244. The van der Waals surface area contributed by atoms with Gasteiger partial charge in [0.1, 0.15) is 24.4 Å². The van der Waals surface area contributed by atoms with Crippen molar-refractivity contribution in [2.45, 2.75) is 26.1 Å². The van der Waals surface area contributed by atoms with Gasteiger partial charge in [-0.2, -0.15) is 17.6 Å². The van der Waals surface area contributed by atoms with E-state index in [1.807, 2.05) is 0 Å². The maximum atomic E-state index is 14.0. The Morgan fingerprint density at radius 1 is 1.11 bits per heavy atom. The second-order valence-corrected chi connectivity index (χ2v) is 11.1. The molecule has 1 aliphatic rings. The SMILES string of the molecule is CCc1c(N2CCN(C(=O)c3ncnc(F)c3O)CC2)c(=O)c2nc(N(C)C)cnc2n1CC(=O)Nc1ccc(C(F)(F)F)cc1Cl. The Labute approximate surface area is 269 Å². The Bertz CT molecular complexity index is 1930. The molecular formula is C29H28ClF4N9O4. The molecule has 2 N–H and O–H groups in total. The summed E-state index contributed by atoms with van der Waals surface area (Å²) in [7, 11) is 3.43. The number of aromatic hydroxyl groups is 1. The first-order valence-corrected chi connectivity index (χ1v) is 14.6. The number of halogens is 5. The maximum absolute atomic E-state index is 14.0. The van der Waals surface area contributed by atoms with Crippen molar-refractivity contribution in [3.63, 3.8) is 0 Å². The quantitative estimate of drug-likeness (QED) is 0.220. The van der Waals surface area contributed by atoms with Crippen LogP contribution in [0.1, 0.15) is 28.7 Å². The fraction of sp³-hybridized carbons (Fsp3) is 0.345. The third-order valence-corrected chi connectivity index (χ3v) is 7.87. The lowest BCUT2D eigenvalue weighted by Gasteiger charge is -2.37. The number of aromatic nitrogens is 5. The number of alkyl halides is 3. The number of hydrogen-bond acceptors (Lipinski definition) is 10. The van der Waals surface area contributed by atoms with Crippen LogP contribution in [0.5, 0.6) is 5.75 Å². The van der Waals surface area contributed by atoms with Crippen molar-refractivity contribution in [3.05, 3.63) is 68.9 Å². The van der Waals surface area contributed by atoms with Gasteiger partial charge in [0.25, 0.3) is 11.9 Å². The van der Waals surface area contributed by atoms with Gasteiger partial charge in [-0.05, 0) is 24.6 Å². The van der Waals surface area contributed by atoms with Crippen molar-refractivity contribution in [1.82, 2.24) is 29.4 Å². The molecule has 0 atom stereocenters. The lowest BCUT2D eigenvalue weighted by Crippen LogP contribution is -2.50. The highest BCUT2D eigenvalue weighted by atomic mass is 35.5. The monoisotopic (exact) mass is 677 g/mol. The predicted octanol–water partition coefficient (Wildman–Crippen LogP) is 3.33. The van der Waals surface area contributed by atoms with Crippen LogP contribution in [0.2, 0.25) is 5.02 Å². The predicted molar refractivity (Wildman–Crippen MR) is 164 cm³/mol. The van der Waals surface area contributed by atoms with Crippen molar-refractivity contribution in [2.24, 2.45) is 0 Å². The van der Waals surface area contributed by atoms with Gasteiger partial charge in [-0.3, -0.25) is 14.4 Å². The van der Waals surface area contributed by atoms with Crippen molar-refractivity contribution in [1.29, 1.82) is 0 Å². The largest absolute Gasteiger partial charge is 0.502 e. The number of carbonyl (C=O) groups is 2. The summed E-state index contributed by atoms with van der Waals surface area (Å²) in [5.74, 6) is -3.17. The molecule has 0 unspecified atom stereocenters. The lowest BCUT2D eigenvalue weighted by atomic mass is 10.1. The van der Waals surface area contributed by atoms with Crippen LogP contribution < -0.4 is 20.5 Å². The van der Waals surface area contributed by atoms with Crippen molar-refractivity contribution < 1.29 is 32.3 Å². The van der Waals surface area contributed by atoms with Crippen molar-refractivity contribution in [2.75, 3.05) is 55.4 Å². The summed E-state index contributed by atoms with van der Waals surface area (Å²) in [6.45, 7) is 1.86. The van der Waals surface area contributed by atoms with Gasteiger partial charge in [-0.25, -0.2) is 19.9 Å². The van der Waals surface area contributed by atoms with E-state index in [1.165, 1.54) is 15.7 Å². The molecule has 1 fully saturated rings. The standard InChI is InChI=1S/C29H28ClF4N9O4/c1-4-18-23(41-7-9-42(10-8-41)28(47)22-25(46)26(31)37-14-36-22)24(45)21-27(35-12-19(39-21)40(2)3)43(18)13-20(44)38-17-6-5-15(11-16(17)30)29(32,33)34/h5-6,11-12,14,46H,4,7-10,13H2,1-3H3,(H,38,44). The van der Waals surface area contributed by atoms with E-state index >= 15 is 0 Å². The van der Waals surface area contributed by atoms with Gasteiger partial charge in [0.15, 0.2) is 16.9 Å². The highest BCUT2D eigenvalue weighted by Crippen LogP contribution is 2.34. The molecule has 47 heavy (non-hydrogen) atoms. The molecule has 1 aliphatic heterocycles. The summed E-state index contributed by atoms with van der Waals surface area (Å²) in [5, 5.41) is 12.2. The van der Waals surface area contributed by atoms with E-state index in [1.54, 1.807) is 30.8 Å². The molecule has 1 aromatic carbocycles. The number of anilines is 3. The van der Waals surface area contributed by atoms with Crippen LogP contribution in [-0.4, -0.2) is 86.6 Å². The third-order valence-electron chi connectivity index (χ3n) is 7.55. The number of nitrogens with one attached hydrogen (secondary N) is 1. The molecule has 0 spiro atoms. The van der Waals surface area contributed by atoms with Crippen molar-refractivity contribution >= 4 is 51.8 Å². The van der Waals surface area contributed by atoms with Crippen LogP contribution in [0.15, 0.2) is 35.5 Å². The molecule has 4 heterocycles. The Hall–Kier alpha value is -5.06. The average molecular weight is 678 g/mol. The van der Waals surface area contributed by atoms with E-state index in [0.717, 1.165) is 18.5 Å². The van der Waals surface area contributed by atoms with E-state index in [2.05, 4.69) is 25.3 Å². The number of benzene rings is 1. The summed E-state index contributed by atoms with van der Waals surface area (Å²) in [4.78, 5) is 61.0. The van der Waals surface area contributed by atoms with E-state index in [-0.39, 0.29) is 60.2 Å². The fourth-order valence-corrected chi connectivity index (χ4v) is 5.44. The van der Waals surface area contributed by atoms with Gasteiger partial charge in [0.05, 0.1) is 22.5 Å². The molecule has 0 bridgehead atoms. The van der Waals surface area contributed by atoms with Gasteiger partial charge >= 0.3 is 6.18 Å². The molecule has 2 amide bonds. The van der Waals surface area contributed by atoms with Gasteiger partial charge < -0.3 is 29.7 Å². The van der Waals surface area contributed by atoms with Crippen LogP contribution in [0.4, 0.5) is 34.8 Å². The smallest absolute Gasteiger partial charge is 0.416 e. The first-order valence-electron chi connectivity index (χ1n) is 14.2. The number of carbonyl (C=O) groups excluding carboxylic acids is 2. The first kappa shape index (κ1) is 33.3. The molecule has 18 heteroatoms. The number of rotatable bonds is 7. The van der Waals surface area contributed by atoms with Gasteiger partial charge in [0, 0.05) is 46.0 Å². The minimum atomic E-state index is -4.62. The third kappa shape index (κ3) is 6.61. The fourth-order valence-electron chi connectivity index (χ4n) is 5.22. The van der Waals surface area contributed by atoms with Crippen molar-refractivity contribution in [3.8, 4) is 5.75 Å². The van der Waals surface area contributed by atoms with Crippen LogP contribution in [0.25, 0.3) is 11.2 Å². The first-order chi connectivity index (χ1) is 22.2. The van der Waals surface area contributed by atoms with Gasteiger partial charge in [-0.1, -0.05) is 18.5 Å². The van der Waals surface area contributed by atoms with E-state index in [0.29, 0.717) is 17.6 Å². The number of nitrogens with zero attached hydrogens (tertiary/aromatic N) is 8. The van der Waals surface area contributed by atoms with E-state index in [9.17, 15) is 37.1 Å². The lowest BCUT2D eigenvalue weighted by molar-refractivity contribution is -0.137. The minimum Gasteiger partial charge on any atom is -0.502 e. The number of pyridine rings is 1. The van der Waals surface area contributed by atoms with E-state index < -0.39 is 52.9 Å². The van der Waals surface area contributed by atoms with Gasteiger partial charge in [0.2, 0.25) is 17.1 Å². The number of hydrogen-bond donors (Lipinski definition) is 2. The van der Waals surface area contributed by atoms with E-state index in [4.69, 9.17) is 11.6 Å². The summed E-state index contributed by atoms with van der Waals surface area (Å²) >= 11 is 6.06. The Morgan fingerprint density at radius 3 is 2.43 bits per heavy atom. The van der Waals surface area contributed by atoms with Crippen LogP contribution in [-0.2, 0) is 23.9 Å². The Morgan fingerprint density at radius 2 is 1.81 bits per heavy atom. The zero-order chi connectivity index (χ0) is 34.2. The Balaban J connectivity index is 1.49. The number of piperazine rings is 1. The highest BCUT2D eigenvalue weighted by molar-refractivity contribution is 6.33. The average Bonchev–Trinajstić information content (AvgIpc) is 3.03. The topological polar surface area (TPSA) is 150 Å². The molecular weight excluding hydrogens is 650 g/mol. The molecule has 0 aliphatic carbocycles. The molecule has 1 saturated heterocycles. The zero-order valence-electron chi connectivity index (χ0n) is 25.3. The maximum Gasteiger partial charge on any atom is 0.416 e. The van der Waals surface area contributed by atoms with Crippen LogP contribution >= 0.6 is 11.6 Å². The highest BCUT2D eigenvalue weighted by Gasteiger charge is 2.32. The molecule has 248 valence electrons. The summed E-state index contributed by atoms with van der Waals surface area (Å²) < 4.78 is 54.6. The molecule has 0 saturated carbocycles. The van der Waals surface area contributed by atoms with Crippen LogP contribution in [0.3, 0.4) is 0 Å². The van der Waals surface area contributed by atoms with Gasteiger partial charge in [-0.15, -0.1) is 0 Å². The molecule has 13 nitrogen and oxygen atoms in total. The second-order valence-electron chi connectivity index (χ2n) is 10.7. The summed E-state index contributed by atoms with van der Waals surface area (Å²) in [5.41, 5.74) is -1.20.